The fourth-order valence-corrected chi connectivity index (χ4v) is 3.89. The molecule has 0 N–H and O–H groups in total. The minimum atomic E-state index is -0.249. The first-order valence-corrected chi connectivity index (χ1v) is 10.7. The van der Waals surface area contributed by atoms with Gasteiger partial charge in [0.2, 0.25) is 0 Å². The Hall–Kier alpha value is -1.36. The first kappa shape index (κ1) is 21.4. The first-order valence-electron chi connectivity index (χ1n) is 10.7. The molecule has 0 saturated carbocycles. The quantitative estimate of drug-likeness (QED) is 0.379. The number of hydrogen-bond donors (Lipinski definition) is 0. The van der Waals surface area contributed by atoms with Crippen molar-refractivity contribution in [3.63, 3.8) is 0 Å². The van der Waals surface area contributed by atoms with Crippen molar-refractivity contribution in [2.24, 2.45) is 5.92 Å². The molecule has 1 aliphatic heterocycles. The van der Waals surface area contributed by atoms with Crippen molar-refractivity contribution in [1.82, 2.24) is 0 Å². The molecule has 2 aromatic carbocycles. The van der Waals surface area contributed by atoms with Crippen LogP contribution >= 0.6 is 0 Å². The zero-order valence-electron chi connectivity index (χ0n) is 18.2. The molecule has 1 heterocycles. The van der Waals surface area contributed by atoms with Crippen LogP contribution in [0.5, 0.6) is 0 Å². The second-order valence-electron chi connectivity index (χ2n) is 9.10. The van der Waals surface area contributed by atoms with E-state index in [4.69, 9.17) is 14.0 Å². The number of rotatable bonds is 9. The lowest BCUT2D eigenvalue weighted by Crippen LogP contribution is -2.41. The second kappa shape index (κ2) is 8.98. The van der Waals surface area contributed by atoms with Gasteiger partial charge in [0, 0.05) is 6.61 Å². The highest BCUT2D eigenvalue weighted by Crippen LogP contribution is 2.39. The van der Waals surface area contributed by atoms with Gasteiger partial charge in [-0.3, -0.25) is 0 Å². The third kappa shape index (κ3) is 5.17. The van der Waals surface area contributed by atoms with E-state index in [0.717, 1.165) is 19.3 Å². The lowest BCUT2D eigenvalue weighted by molar-refractivity contribution is 0.00578. The third-order valence-corrected chi connectivity index (χ3v) is 6.28. The normalized spacial score (nSPS) is 19.2. The third-order valence-electron chi connectivity index (χ3n) is 6.28. The molecule has 2 aromatic rings. The van der Waals surface area contributed by atoms with Crippen LogP contribution in [0.15, 0.2) is 42.5 Å². The zero-order chi connectivity index (χ0) is 20.2. The van der Waals surface area contributed by atoms with Crippen LogP contribution in [0.3, 0.4) is 0 Å². The van der Waals surface area contributed by atoms with Gasteiger partial charge >= 0.3 is 7.12 Å². The Labute approximate surface area is 170 Å². The lowest BCUT2D eigenvalue weighted by atomic mass is 9.74. The lowest BCUT2D eigenvalue weighted by Gasteiger charge is -2.32. The topological polar surface area (TPSA) is 27.7 Å². The fraction of sp³-hybridized carbons (Fsp3) is 0.583. The van der Waals surface area contributed by atoms with Gasteiger partial charge in [-0.25, -0.2) is 0 Å². The van der Waals surface area contributed by atoms with Gasteiger partial charge in [-0.05, 0) is 68.8 Å². The second-order valence-corrected chi connectivity index (χ2v) is 9.10. The molecule has 4 heteroatoms. The van der Waals surface area contributed by atoms with Crippen LogP contribution in [0.25, 0.3) is 10.8 Å². The molecule has 0 spiro atoms. The van der Waals surface area contributed by atoms with Crippen LogP contribution in [0.2, 0.25) is 6.32 Å². The predicted molar refractivity (Wildman–Crippen MR) is 118 cm³/mol. The number of fused-ring (bicyclic) bond motifs is 1. The monoisotopic (exact) mass is 382 g/mol. The highest BCUT2D eigenvalue weighted by atomic mass is 16.7. The highest BCUT2D eigenvalue weighted by Gasteiger charge is 2.51. The number of ether oxygens (including phenoxy) is 1. The molecule has 152 valence electrons. The summed E-state index contributed by atoms with van der Waals surface area (Å²) in [5.74, 6) is 0.566. The summed E-state index contributed by atoms with van der Waals surface area (Å²) in [7, 11) is -0.109. The van der Waals surface area contributed by atoms with Crippen LogP contribution in [0.1, 0.15) is 59.4 Å². The molecule has 28 heavy (non-hydrogen) atoms. The molecule has 1 fully saturated rings. The molecule has 0 aliphatic carbocycles. The summed E-state index contributed by atoms with van der Waals surface area (Å²) in [4.78, 5) is 0. The Morgan fingerprint density at radius 2 is 1.61 bits per heavy atom. The maximum Gasteiger partial charge on any atom is 0.458 e. The van der Waals surface area contributed by atoms with Crippen molar-refractivity contribution in [2.45, 2.75) is 78.0 Å². The molecule has 1 unspecified atom stereocenters. The van der Waals surface area contributed by atoms with Gasteiger partial charge in [-0.1, -0.05) is 56.2 Å². The Morgan fingerprint density at radius 1 is 0.929 bits per heavy atom. The van der Waals surface area contributed by atoms with E-state index in [9.17, 15) is 0 Å². The van der Waals surface area contributed by atoms with Crippen LogP contribution < -0.4 is 0 Å². The van der Waals surface area contributed by atoms with Gasteiger partial charge in [-0.2, -0.15) is 0 Å². The SMILES string of the molecule is CCCC(CCOCc1ccc2ccccc2c1)CB1OC(C)(C)C(C)(C)O1. The van der Waals surface area contributed by atoms with Crippen molar-refractivity contribution < 1.29 is 14.0 Å². The molecular formula is C24H35BO3. The minimum Gasteiger partial charge on any atom is -0.403 e. The van der Waals surface area contributed by atoms with Crippen molar-refractivity contribution in [3.05, 3.63) is 48.0 Å². The summed E-state index contributed by atoms with van der Waals surface area (Å²) in [6, 6.07) is 15.0. The summed E-state index contributed by atoms with van der Waals surface area (Å²) in [5.41, 5.74) is 0.735. The molecule has 0 amide bonds. The van der Waals surface area contributed by atoms with Crippen LogP contribution in [-0.4, -0.2) is 24.9 Å². The highest BCUT2D eigenvalue weighted by molar-refractivity contribution is 6.45. The average molecular weight is 382 g/mol. The summed E-state index contributed by atoms with van der Waals surface area (Å²) in [5, 5.41) is 2.55. The summed E-state index contributed by atoms with van der Waals surface area (Å²) in [6.45, 7) is 12.2. The molecule has 3 nitrogen and oxygen atoms in total. The van der Waals surface area contributed by atoms with Crippen LogP contribution in [0, 0.1) is 5.92 Å². The van der Waals surface area contributed by atoms with Gasteiger partial charge in [0.15, 0.2) is 0 Å². The maximum absolute atomic E-state index is 6.19. The first-order chi connectivity index (χ1) is 13.3. The molecule has 0 radical (unpaired) electrons. The minimum absolute atomic E-state index is 0.109. The Balaban J connectivity index is 1.47. The van der Waals surface area contributed by atoms with Gasteiger partial charge in [-0.15, -0.1) is 0 Å². The van der Waals surface area contributed by atoms with E-state index in [0.29, 0.717) is 12.5 Å². The van der Waals surface area contributed by atoms with Gasteiger partial charge in [0.25, 0.3) is 0 Å². The van der Waals surface area contributed by atoms with Crippen molar-refractivity contribution in [2.75, 3.05) is 6.61 Å². The maximum atomic E-state index is 6.19. The van der Waals surface area contributed by atoms with E-state index in [1.807, 2.05) is 0 Å². The van der Waals surface area contributed by atoms with Gasteiger partial charge in [0.1, 0.15) is 0 Å². The number of hydrogen-bond acceptors (Lipinski definition) is 3. The van der Waals surface area contributed by atoms with E-state index in [1.54, 1.807) is 0 Å². The van der Waals surface area contributed by atoms with Crippen LogP contribution in [0.4, 0.5) is 0 Å². The molecule has 1 saturated heterocycles. The van der Waals surface area contributed by atoms with E-state index in [2.05, 4.69) is 77.1 Å². The molecule has 0 bridgehead atoms. The zero-order valence-corrected chi connectivity index (χ0v) is 18.2. The fourth-order valence-electron chi connectivity index (χ4n) is 3.89. The predicted octanol–water partition coefficient (Wildman–Crippen LogP) is 6.26. The molecule has 1 aliphatic rings. The molecule has 0 aromatic heterocycles. The smallest absolute Gasteiger partial charge is 0.403 e. The van der Waals surface area contributed by atoms with Crippen molar-refractivity contribution in [1.29, 1.82) is 0 Å². The van der Waals surface area contributed by atoms with E-state index in [-0.39, 0.29) is 18.3 Å². The largest absolute Gasteiger partial charge is 0.458 e. The Kier molecular flexibility index (Phi) is 6.85. The summed E-state index contributed by atoms with van der Waals surface area (Å²) in [6.07, 6.45) is 4.35. The average Bonchev–Trinajstić information content (AvgIpc) is 2.85. The van der Waals surface area contributed by atoms with Gasteiger partial charge < -0.3 is 14.0 Å². The van der Waals surface area contributed by atoms with E-state index >= 15 is 0 Å². The molecule has 3 rings (SSSR count). The summed E-state index contributed by atoms with van der Waals surface area (Å²) < 4.78 is 18.4. The van der Waals surface area contributed by atoms with Crippen molar-refractivity contribution in [3.8, 4) is 0 Å². The molecular weight excluding hydrogens is 347 g/mol. The standard InChI is InChI=1S/C24H35BO3/c1-6-9-19(17-25-27-23(2,3)24(4,5)28-25)14-15-26-18-20-12-13-21-10-7-8-11-22(21)16-20/h7-8,10-13,16,19H,6,9,14-15,17-18H2,1-5H3. The van der Waals surface area contributed by atoms with E-state index in [1.165, 1.54) is 29.2 Å². The van der Waals surface area contributed by atoms with E-state index < -0.39 is 0 Å². The number of benzene rings is 2. The summed E-state index contributed by atoms with van der Waals surface area (Å²) >= 11 is 0. The van der Waals surface area contributed by atoms with Crippen molar-refractivity contribution >= 4 is 17.9 Å². The Bertz CT molecular complexity index is 755. The Morgan fingerprint density at radius 3 is 2.29 bits per heavy atom. The van der Waals surface area contributed by atoms with Crippen LogP contribution in [-0.2, 0) is 20.7 Å². The molecule has 1 atom stereocenters. The van der Waals surface area contributed by atoms with Gasteiger partial charge in [0.05, 0.1) is 17.8 Å².